The number of piperazine rings is 1. The molecule has 3 nitrogen and oxygen atoms in total. The van der Waals surface area contributed by atoms with E-state index in [9.17, 15) is 4.79 Å². The largest absolute Gasteiger partial charge is 0.304 e. The predicted molar refractivity (Wildman–Crippen MR) is 108 cm³/mol. The molecule has 0 radical (unpaired) electrons. The van der Waals surface area contributed by atoms with Gasteiger partial charge in [-0.1, -0.05) is 54.1 Å². The highest BCUT2D eigenvalue weighted by atomic mass is 16.1. The minimum Gasteiger partial charge on any atom is -0.304 e. The van der Waals surface area contributed by atoms with Crippen molar-refractivity contribution < 1.29 is 4.79 Å². The van der Waals surface area contributed by atoms with Crippen LogP contribution in [-0.2, 0) is 6.54 Å². The Bertz CT molecular complexity index is 802. The highest BCUT2D eigenvalue weighted by Crippen LogP contribution is 2.17. The number of carbonyl (C=O) groups is 1. The lowest BCUT2D eigenvalue weighted by Crippen LogP contribution is -2.44. The Morgan fingerprint density at radius 2 is 1.77 bits per heavy atom. The Morgan fingerprint density at radius 3 is 2.50 bits per heavy atom. The maximum atomic E-state index is 12.8. The van der Waals surface area contributed by atoms with Gasteiger partial charge in [0.1, 0.15) is 0 Å². The van der Waals surface area contributed by atoms with Crippen LogP contribution in [0.2, 0.25) is 0 Å². The Labute approximate surface area is 156 Å². The number of benzene rings is 2. The molecule has 0 N–H and O–H groups in total. The third kappa shape index (κ3) is 4.69. The quantitative estimate of drug-likeness (QED) is 0.604. The number of ketones is 1. The zero-order chi connectivity index (χ0) is 18.5. The summed E-state index contributed by atoms with van der Waals surface area (Å²) in [6.07, 6.45) is 3.64. The van der Waals surface area contributed by atoms with E-state index in [4.69, 9.17) is 0 Å². The van der Waals surface area contributed by atoms with Gasteiger partial charge >= 0.3 is 0 Å². The standard InChI is InChI=1S/C23H28N2O/c1-18-8-9-20(19(2)16-18)10-11-23(26)22-7-5-4-6-21(22)17-25-14-12-24(3)13-15-25/h4-11,16H,12-15,17H2,1-3H3. The topological polar surface area (TPSA) is 23.6 Å². The van der Waals surface area contributed by atoms with E-state index >= 15 is 0 Å². The van der Waals surface area contributed by atoms with Crippen molar-refractivity contribution in [3.05, 3.63) is 76.4 Å². The van der Waals surface area contributed by atoms with Crippen LogP contribution in [0, 0.1) is 13.8 Å². The normalized spacial score (nSPS) is 16.3. The van der Waals surface area contributed by atoms with Gasteiger partial charge in [-0.15, -0.1) is 0 Å². The molecule has 2 aromatic carbocycles. The molecule has 0 unspecified atom stereocenters. The molecule has 1 saturated heterocycles. The van der Waals surface area contributed by atoms with E-state index in [2.05, 4.69) is 55.0 Å². The van der Waals surface area contributed by atoms with Crippen LogP contribution in [0.4, 0.5) is 0 Å². The molecule has 1 heterocycles. The Balaban J connectivity index is 1.74. The van der Waals surface area contributed by atoms with Crippen molar-refractivity contribution in [1.29, 1.82) is 0 Å². The van der Waals surface area contributed by atoms with Crippen molar-refractivity contribution >= 4 is 11.9 Å². The summed E-state index contributed by atoms with van der Waals surface area (Å²) < 4.78 is 0. The first-order chi connectivity index (χ1) is 12.5. The van der Waals surface area contributed by atoms with Gasteiger partial charge in [-0.3, -0.25) is 9.69 Å². The molecule has 3 rings (SSSR count). The molecule has 1 aliphatic rings. The van der Waals surface area contributed by atoms with Crippen LogP contribution in [-0.4, -0.2) is 48.8 Å². The molecule has 0 saturated carbocycles. The van der Waals surface area contributed by atoms with E-state index in [1.165, 1.54) is 11.1 Å². The first-order valence-electron chi connectivity index (χ1n) is 9.31. The van der Waals surface area contributed by atoms with Gasteiger partial charge in [0.2, 0.25) is 0 Å². The van der Waals surface area contributed by atoms with Gasteiger partial charge in [0, 0.05) is 38.3 Å². The maximum absolute atomic E-state index is 12.8. The molecule has 2 aromatic rings. The van der Waals surface area contributed by atoms with Crippen LogP contribution in [0.1, 0.15) is 32.6 Å². The van der Waals surface area contributed by atoms with E-state index in [0.29, 0.717) is 0 Å². The average Bonchev–Trinajstić information content (AvgIpc) is 2.63. The van der Waals surface area contributed by atoms with Crippen LogP contribution in [0.25, 0.3) is 6.08 Å². The van der Waals surface area contributed by atoms with Crippen molar-refractivity contribution in [1.82, 2.24) is 9.80 Å². The number of hydrogen-bond acceptors (Lipinski definition) is 3. The number of nitrogens with zero attached hydrogens (tertiary/aromatic N) is 2. The zero-order valence-corrected chi connectivity index (χ0v) is 16.0. The molecular weight excluding hydrogens is 320 g/mol. The van der Waals surface area contributed by atoms with Crippen molar-refractivity contribution in [3.63, 3.8) is 0 Å². The van der Waals surface area contributed by atoms with Gasteiger partial charge in [-0.05, 0) is 43.7 Å². The molecular formula is C23H28N2O. The van der Waals surface area contributed by atoms with E-state index in [1.54, 1.807) is 6.08 Å². The highest BCUT2D eigenvalue weighted by molar-refractivity contribution is 6.07. The van der Waals surface area contributed by atoms with Crippen LogP contribution in [0.5, 0.6) is 0 Å². The van der Waals surface area contributed by atoms with Gasteiger partial charge in [-0.2, -0.15) is 0 Å². The van der Waals surface area contributed by atoms with Crippen LogP contribution < -0.4 is 0 Å². The summed E-state index contributed by atoms with van der Waals surface area (Å²) in [4.78, 5) is 17.6. The predicted octanol–water partition coefficient (Wildman–Crippen LogP) is 3.95. The lowest BCUT2D eigenvalue weighted by molar-refractivity contribution is 0.104. The van der Waals surface area contributed by atoms with Gasteiger partial charge in [0.05, 0.1) is 0 Å². The monoisotopic (exact) mass is 348 g/mol. The van der Waals surface area contributed by atoms with Crippen LogP contribution >= 0.6 is 0 Å². The van der Waals surface area contributed by atoms with Gasteiger partial charge < -0.3 is 4.90 Å². The number of allylic oxidation sites excluding steroid dienone is 1. The first-order valence-corrected chi connectivity index (χ1v) is 9.31. The lowest BCUT2D eigenvalue weighted by atomic mass is 10.0. The molecule has 1 fully saturated rings. The van der Waals surface area contributed by atoms with E-state index in [1.807, 2.05) is 24.3 Å². The maximum Gasteiger partial charge on any atom is 0.186 e. The van der Waals surface area contributed by atoms with E-state index in [-0.39, 0.29) is 5.78 Å². The fourth-order valence-electron chi connectivity index (χ4n) is 3.41. The summed E-state index contributed by atoms with van der Waals surface area (Å²) in [6, 6.07) is 14.3. The summed E-state index contributed by atoms with van der Waals surface area (Å²) in [5.41, 5.74) is 5.46. The Morgan fingerprint density at radius 1 is 1.04 bits per heavy atom. The first kappa shape index (κ1) is 18.6. The number of likely N-dealkylation sites (N-methyl/N-ethyl adjacent to an activating group) is 1. The fourth-order valence-corrected chi connectivity index (χ4v) is 3.41. The second kappa shape index (κ2) is 8.43. The fraction of sp³-hybridized carbons (Fsp3) is 0.348. The summed E-state index contributed by atoms with van der Waals surface area (Å²) >= 11 is 0. The minimum atomic E-state index is 0.0784. The summed E-state index contributed by atoms with van der Waals surface area (Å²) in [6.45, 7) is 9.28. The molecule has 0 amide bonds. The zero-order valence-electron chi connectivity index (χ0n) is 16.0. The molecule has 0 aromatic heterocycles. The van der Waals surface area contributed by atoms with Crippen molar-refractivity contribution in [2.24, 2.45) is 0 Å². The Hall–Kier alpha value is -2.23. The lowest BCUT2D eigenvalue weighted by Gasteiger charge is -2.32. The molecule has 0 atom stereocenters. The molecule has 1 aliphatic heterocycles. The molecule has 26 heavy (non-hydrogen) atoms. The van der Waals surface area contributed by atoms with Crippen molar-refractivity contribution in [3.8, 4) is 0 Å². The summed E-state index contributed by atoms with van der Waals surface area (Å²) in [7, 11) is 2.16. The SMILES string of the molecule is Cc1ccc(C=CC(=O)c2ccccc2CN2CCN(C)CC2)c(C)c1. The summed E-state index contributed by atoms with van der Waals surface area (Å²) in [5.74, 6) is 0.0784. The number of rotatable bonds is 5. The van der Waals surface area contributed by atoms with E-state index < -0.39 is 0 Å². The number of hydrogen-bond donors (Lipinski definition) is 0. The minimum absolute atomic E-state index is 0.0784. The number of aryl methyl sites for hydroxylation is 2. The molecule has 0 aliphatic carbocycles. The van der Waals surface area contributed by atoms with Gasteiger partial charge in [0.25, 0.3) is 0 Å². The average molecular weight is 348 g/mol. The molecule has 3 heteroatoms. The molecule has 136 valence electrons. The van der Waals surface area contributed by atoms with Crippen LogP contribution in [0.3, 0.4) is 0 Å². The summed E-state index contributed by atoms with van der Waals surface area (Å²) in [5, 5.41) is 0. The molecule has 0 bridgehead atoms. The van der Waals surface area contributed by atoms with Gasteiger partial charge in [-0.25, -0.2) is 0 Å². The third-order valence-electron chi connectivity index (χ3n) is 5.11. The number of carbonyl (C=O) groups excluding carboxylic acids is 1. The van der Waals surface area contributed by atoms with Crippen LogP contribution in [0.15, 0.2) is 48.5 Å². The highest BCUT2D eigenvalue weighted by Gasteiger charge is 2.16. The second-order valence-electron chi connectivity index (χ2n) is 7.29. The molecule has 0 spiro atoms. The second-order valence-corrected chi connectivity index (χ2v) is 7.29. The third-order valence-corrected chi connectivity index (χ3v) is 5.11. The Kier molecular flexibility index (Phi) is 6.02. The smallest absolute Gasteiger partial charge is 0.186 e. The van der Waals surface area contributed by atoms with Crippen molar-refractivity contribution in [2.75, 3.05) is 33.2 Å². The van der Waals surface area contributed by atoms with Crippen molar-refractivity contribution in [2.45, 2.75) is 20.4 Å². The van der Waals surface area contributed by atoms with E-state index in [0.717, 1.165) is 49.4 Å². The van der Waals surface area contributed by atoms with Gasteiger partial charge in [0.15, 0.2) is 5.78 Å².